The lowest BCUT2D eigenvalue weighted by Gasteiger charge is -2.08. The summed E-state index contributed by atoms with van der Waals surface area (Å²) in [6.45, 7) is 3.31. The van der Waals surface area contributed by atoms with Crippen LogP contribution in [-0.4, -0.2) is 28.6 Å². The average molecular weight is 303 g/mol. The van der Waals surface area contributed by atoms with Crippen molar-refractivity contribution in [2.45, 2.75) is 18.7 Å². The molecule has 0 fully saturated rings. The Morgan fingerprint density at radius 1 is 1.10 bits per heavy atom. The zero-order valence-electron chi connectivity index (χ0n) is 11.5. The van der Waals surface area contributed by atoms with Gasteiger partial charge in [0.05, 0.1) is 28.1 Å². The summed E-state index contributed by atoms with van der Waals surface area (Å²) in [5.74, 6) is 0. The first-order chi connectivity index (χ1) is 9.97. The Morgan fingerprint density at radius 3 is 2.48 bits per heavy atom. The minimum Gasteiger partial charge on any atom is -0.281 e. The van der Waals surface area contributed by atoms with Gasteiger partial charge in [0.25, 0.3) is 10.0 Å². The molecule has 1 aromatic carbocycles. The van der Waals surface area contributed by atoms with Gasteiger partial charge in [-0.1, -0.05) is 0 Å². The molecule has 2 heterocycles. The number of rotatable bonds is 3. The number of nitrogens with one attached hydrogen (secondary N) is 2. The molecule has 0 aliphatic heterocycles. The maximum absolute atomic E-state index is 12.4. The zero-order chi connectivity index (χ0) is 15.0. The van der Waals surface area contributed by atoms with E-state index in [1.54, 1.807) is 44.4 Å². The normalized spacial score (nSPS) is 11.7. The summed E-state index contributed by atoms with van der Waals surface area (Å²) in [4.78, 5) is 8.46. The molecular weight excluding hydrogens is 290 g/mol. The van der Waals surface area contributed by atoms with Crippen molar-refractivity contribution in [1.29, 1.82) is 0 Å². The predicted molar refractivity (Wildman–Crippen MR) is 78.4 cm³/mol. The SMILES string of the molecule is Cc1n[nH]c(C)c1S(=O)(=O)Nc1ccc2nccnc2c1. The number of aryl methyl sites for hydroxylation is 2. The molecule has 0 spiro atoms. The molecule has 2 aromatic heterocycles. The van der Waals surface area contributed by atoms with Crippen molar-refractivity contribution in [1.82, 2.24) is 20.2 Å². The summed E-state index contributed by atoms with van der Waals surface area (Å²) in [6.07, 6.45) is 3.15. The number of aromatic nitrogens is 4. The van der Waals surface area contributed by atoms with Crippen molar-refractivity contribution in [2.75, 3.05) is 4.72 Å². The minimum atomic E-state index is -3.69. The van der Waals surface area contributed by atoms with Crippen LogP contribution in [0.4, 0.5) is 5.69 Å². The van der Waals surface area contributed by atoms with Gasteiger partial charge in [-0.05, 0) is 32.0 Å². The molecule has 0 atom stereocenters. The second-order valence-electron chi connectivity index (χ2n) is 4.63. The number of benzene rings is 1. The molecule has 0 saturated carbocycles. The molecule has 0 aliphatic rings. The fourth-order valence-electron chi connectivity index (χ4n) is 2.17. The van der Waals surface area contributed by atoms with E-state index in [0.29, 0.717) is 28.1 Å². The molecule has 0 amide bonds. The highest BCUT2D eigenvalue weighted by Crippen LogP contribution is 2.22. The first kappa shape index (κ1) is 13.5. The Labute approximate surface area is 121 Å². The molecule has 2 N–H and O–H groups in total. The van der Waals surface area contributed by atoms with Crippen molar-refractivity contribution >= 4 is 26.7 Å². The number of H-pyrrole nitrogens is 1. The van der Waals surface area contributed by atoms with Crippen LogP contribution in [0.3, 0.4) is 0 Å². The molecule has 7 nitrogen and oxygen atoms in total. The molecular formula is C13H13N5O2S. The van der Waals surface area contributed by atoms with Crippen molar-refractivity contribution in [3.63, 3.8) is 0 Å². The third kappa shape index (κ3) is 2.45. The van der Waals surface area contributed by atoms with Crippen molar-refractivity contribution < 1.29 is 8.42 Å². The van der Waals surface area contributed by atoms with E-state index in [2.05, 4.69) is 24.9 Å². The van der Waals surface area contributed by atoms with Gasteiger partial charge in [-0.15, -0.1) is 0 Å². The fraction of sp³-hybridized carbons (Fsp3) is 0.154. The molecule has 3 aromatic rings. The van der Waals surface area contributed by atoms with Crippen molar-refractivity contribution in [3.05, 3.63) is 42.0 Å². The highest BCUT2D eigenvalue weighted by molar-refractivity contribution is 7.92. The van der Waals surface area contributed by atoms with Gasteiger partial charge < -0.3 is 0 Å². The third-order valence-electron chi connectivity index (χ3n) is 3.05. The lowest BCUT2D eigenvalue weighted by molar-refractivity contribution is 0.600. The van der Waals surface area contributed by atoms with Gasteiger partial charge in [-0.3, -0.25) is 19.8 Å². The van der Waals surface area contributed by atoms with Crippen LogP contribution in [-0.2, 0) is 10.0 Å². The molecule has 0 unspecified atom stereocenters. The Kier molecular flexibility index (Phi) is 3.09. The number of anilines is 1. The smallest absolute Gasteiger partial charge is 0.265 e. The van der Waals surface area contributed by atoms with E-state index in [1.165, 1.54) is 0 Å². The topological polar surface area (TPSA) is 101 Å². The van der Waals surface area contributed by atoms with Crippen LogP contribution in [0, 0.1) is 13.8 Å². The molecule has 0 aliphatic carbocycles. The van der Waals surface area contributed by atoms with E-state index in [0.717, 1.165) is 0 Å². The standard InChI is InChI=1S/C13H13N5O2S/c1-8-13(9(2)17-16-8)21(19,20)18-10-3-4-11-12(7-10)15-6-5-14-11/h3-7,18H,1-2H3,(H,16,17). The summed E-state index contributed by atoms with van der Waals surface area (Å²) < 4.78 is 27.4. The van der Waals surface area contributed by atoms with Gasteiger partial charge in [0.15, 0.2) is 0 Å². The summed E-state index contributed by atoms with van der Waals surface area (Å²) in [7, 11) is -3.69. The minimum absolute atomic E-state index is 0.168. The fourth-order valence-corrected chi connectivity index (χ4v) is 3.59. The summed E-state index contributed by atoms with van der Waals surface area (Å²) >= 11 is 0. The van der Waals surface area contributed by atoms with E-state index >= 15 is 0 Å². The lowest BCUT2D eigenvalue weighted by atomic mass is 10.3. The predicted octanol–water partition coefficient (Wildman–Crippen LogP) is 1.77. The molecule has 3 rings (SSSR count). The van der Waals surface area contributed by atoms with Crippen LogP contribution >= 0.6 is 0 Å². The van der Waals surface area contributed by atoms with Crippen molar-refractivity contribution in [2.24, 2.45) is 0 Å². The van der Waals surface area contributed by atoms with Gasteiger partial charge in [-0.2, -0.15) is 5.10 Å². The van der Waals surface area contributed by atoms with Gasteiger partial charge >= 0.3 is 0 Å². The number of hydrogen-bond donors (Lipinski definition) is 2. The second-order valence-corrected chi connectivity index (χ2v) is 6.25. The van der Waals surface area contributed by atoms with Gasteiger partial charge in [0.2, 0.25) is 0 Å². The highest BCUT2D eigenvalue weighted by Gasteiger charge is 2.22. The lowest BCUT2D eigenvalue weighted by Crippen LogP contribution is -2.14. The number of sulfonamides is 1. The summed E-state index contributed by atoms with van der Waals surface area (Å²) in [6, 6.07) is 5.01. The highest BCUT2D eigenvalue weighted by atomic mass is 32.2. The molecule has 0 bridgehead atoms. The van der Waals surface area contributed by atoms with E-state index in [-0.39, 0.29) is 4.90 Å². The first-order valence-corrected chi connectivity index (χ1v) is 7.71. The van der Waals surface area contributed by atoms with E-state index < -0.39 is 10.0 Å². The number of aromatic amines is 1. The molecule has 21 heavy (non-hydrogen) atoms. The maximum atomic E-state index is 12.4. The van der Waals surface area contributed by atoms with Crippen LogP contribution in [0.1, 0.15) is 11.4 Å². The Morgan fingerprint density at radius 2 is 1.81 bits per heavy atom. The van der Waals surface area contributed by atoms with Crippen molar-refractivity contribution in [3.8, 4) is 0 Å². The molecule has 0 radical (unpaired) electrons. The van der Waals surface area contributed by atoms with E-state index in [1.807, 2.05) is 0 Å². The molecule has 8 heteroatoms. The average Bonchev–Trinajstić information content (AvgIpc) is 2.78. The van der Waals surface area contributed by atoms with Crippen LogP contribution in [0.2, 0.25) is 0 Å². The maximum Gasteiger partial charge on any atom is 0.265 e. The van der Waals surface area contributed by atoms with Crippen LogP contribution in [0.15, 0.2) is 35.5 Å². The van der Waals surface area contributed by atoms with Gasteiger partial charge in [0, 0.05) is 12.4 Å². The van der Waals surface area contributed by atoms with E-state index in [4.69, 9.17) is 0 Å². The van der Waals surface area contributed by atoms with Gasteiger partial charge in [-0.25, -0.2) is 8.42 Å². The number of nitrogens with zero attached hydrogens (tertiary/aromatic N) is 3. The monoisotopic (exact) mass is 303 g/mol. The Bertz CT molecular complexity index is 898. The summed E-state index contributed by atoms with van der Waals surface area (Å²) in [5, 5.41) is 6.57. The Balaban J connectivity index is 2.01. The second kappa shape index (κ2) is 4.81. The van der Waals surface area contributed by atoms with Gasteiger partial charge in [0.1, 0.15) is 4.90 Å². The summed E-state index contributed by atoms with van der Waals surface area (Å²) in [5.41, 5.74) is 2.69. The number of fused-ring (bicyclic) bond motifs is 1. The Hall–Kier alpha value is -2.48. The van der Waals surface area contributed by atoms with E-state index in [9.17, 15) is 8.42 Å². The largest absolute Gasteiger partial charge is 0.281 e. The quantitative estimate of drug-likeness (QED) is 0.768. The molecule has 0 saturated heterocycles. The first-order valence-electron chi connectivity index (χ1n) is 6.22. The van der Waals surface area contributed by atoms with Crippen LogP contribution in [0.5, 0.6) is 0 Å². The number of hydrogen-bond acceptors (Lipinski definition) is 5. The third-order valence-corrected chi connectivity index (χ3v) is 4.69. The zero-order valence-corrected chi connectivity index (χ0v) is 12.3. The van der Waals surface area contributed by atoms with Crippen LogP contribution in [0.25, 0.3) is 11.0 Å². The molecule has 108 valence electrons. The van der Waals surface area contributed by atoms with Crippen LogP contribution < -0.4 is 4.72 Å².